The van der Waals surface area contributed by atoms with E-state index in [0.29, 0.717) is 6.61 Å². The Bertz CT molecular complexity index is 496. The fourth-order valence-corrected chi connectivity index (χ4v) is 4.28. The Balaban J connectivity index is 2.07. The first kappa shape index (κ1) is 13.8. The number of benzene rings is 1. The van der Waals surface area contributed by atoms with Crippen LogP contribution in [0.3, 0.4) is 0 Å². The Morgan fingerprint density at radius 2 is 2.00 bits per heavy atom. The molecule has 1 aliphatic rings. The van der Waals surface area contributed by atoms with Crippen molar-refractivity contribution in [1.29, 1.82) is 0 Å². The molecule has 94 valence electrons. The zero-order valence-corrected chi connectivity index (χ0v) is 13.2. The third kappa shape index (κ3) is 3.92. The van der Waals surface area contributed by atoms with Crippen molar-refractivity contribution in [3.8, 4) is 10.6 Å². The average Bonchev–Trinajstić information content (AvgIpc) is 2.36. The maximum atomic E-state index is 6.41. The molecule has 1 aliphatic heterocycles. The minimum atomic E-state index is -1.71. The molecular formula is C15H16AsClO. The fourth-order valence-electron chi connectivity index (χ4n) is 1.79. The van der Waals surface area contributed by atoms with Crippen LogP contribution >= 0.6 is 9.95 Å². The van der Waals surface area contributed by atoms with Gasteiger partial charge >= 0.3 is 118 Å². The Labute approximate surface area is 118 Å². The summed E-state index contributed by atoms with van der Waals surface area (Å²) in [6.07, 6.45) is 2.93. The van der Waals surface area contributed by atoms with Crippen LogP contribution in [0.5, 0.6) is 0 Å². The number of halogens is 1. The van der Waals surface area contributed by atoms with Crippen LogP contribution in [0.4, 0.5) is 0 Å². The molecule has 0 fully saturated rings. The summed E-state index contributed by atoms with van der Waals surface area (Å²) in [7, 11) is 6.41. The fraction of sp³-hybridized carbons (Fsp3) is 0.333. The van der Waals surface area contributed by atoms with Gasteiger partial charge in [0.15, 0.2) is 0 Å². The second-order valence-corrected chi connectivity index (χ2v) is 9.32. The van der Waals surface area contributed by atoms with E-state index in [1.165, 1.54) is 4.35 Å². The molecule has 1 aromatic rings. The van der Waals surface area contributed by atoms with E-state index < -0.39 is 13.7 Å². The molecule has 1 aromatic carbocycles. The van der Waals surface area contributed by atoms with Crippen LogP contribution in [-0.4, -0.2) is 25.9 Å². The molecule has 0 aromatic heterocycles. The topological polar surface area (TPSA) is 9.23 Å². The van der Waals surface area contributed by atoms with Crippen molar-refractivity contribution in [2.75, 3.05) is 6.61 Å². The van der Waals surface area contributed by atoms with Crippen molar-refractivity contribution in [1.82, 2.24) is 0 Å². The summed E-state index contributed by atoms with van der Waals surface area (Å²) in [5, 5.41) is 0. The van der Waals surface area contributed by atoms with Crippen molar-refractivity contribution in [2.24, 2.45) is 0 Å². The summed E-state index contributed by atoms with van der Waals surface area (Å²) in [5.74, 6) is 3.24. The molecule has 0 bridgehead atoms. The normalized spacial score (nSPS) is 19.4. The minimum absolute atomic E-state index is 0.102. The van der Waals surface area contributed by atoms with Crippen LogP contribution in [0, 0.1) is 10.6 Å². The van der Waals surface area contributed by atoms with E-state index in [-0.39, 0.29) is 5.60 Å². The van der Waals surface area contributed by atoms with Gasteiger partial charge < -0.3 is 0 Å². The zero-order chi connectivity index (χ0) is 13.0. The van der Waals surface area contributed by atoms with E-state index in [0.717, 1.165) is 12.0 Å². The summed E-state index contributed by atoms with van der Waals surface area (Å²) >= 11 is -1.71. The van der Waals surface area contributed by atoms with Crippen LogP contribution in [0.2, 0.25) is 0 Å². The third-order valence-corrected chi connectivity index (χ3v) is 6.39. The molecule has 18 heavy (non-hydrogen) atoms. The Morgan fingerprint density at radius 3 is 2.67 bits per heavy atom. The van der Waals surface area contributed by atoms with Gasteiger partial charge in [0, 0.05) is 0 Å². The first-order valence-corrected chi connectivity index (χ1v) is 10.3. The number of hydrogen-bond acceptors (Lipinski definition) is 1. The van der Waals surface area contributed by atoms with Gasteiger partial charge in [0.05, 0.1) is 0 Å². The van der Waals surface area contributed by atoms with Gasteiger partial charge in [-0.2, -0.15) is 0 Å². The van der Waals surface area contributed by atoms with Gasteiger partial charge in [0.25, 0.3) is 0 Å². The van der Waals surface area contributed by atoms with Gasteiger partial charge in [-0.1, -0.05) is 0 Å². The summed E-state index contributed by atoms with van der Waals surface area (Å²) in [6, 6.07) is 10.1. The quantitative estimate of drug-likeness (QED) is 0.571. The van der Waals surface area contributed by atoms with Gasteiger partial charge in [0.2, 0.25) is 0 Å². The SMILES string of the molecule is CC1(C)CC(C#C[As](Cl)c2ccccc2)=CCO1. The monoisotopic (exact) mass is 322 g/mol. The predicted octanol–water partition coefficient (Wildman–Crippen LogP) is 2.79. The first-order valence-electron chi connectivity index (χ1n) is 5.92. The van der Waals surface area contributed by atoms with E-state index in [9.17, 15) is 0 Å². The molecule has 0 saturated heterocycles. The van der Waals surface area contributed by atoms with Crippen LogP contribution in [0.1, 0.15) is 20.3 Å². The first-order chi connectivity index (χ1) is 8.57. The maximum absolute atomic E-state index is 6.41. The average molecular weight is 323 g/mol. The third-order valence-electron chi connectivity index (χ3n) is 2.72. The van der Waals surface area contributed by atoms with Crippen molar-refractivity contribution in [3.63, 3.8) is 0 Å². The molecule has 0 aliphatic carbocycles. The van der Waals surface area contributed by atoms with Crippen LogP contribution < -0.4 is 4.35 Å². The van der Waals surface area contributed by atoms with Gasteiger partial charge in [0.1, 0.15) is 0 Å². The number of rotatable bonds is 1. The summed E-state index contributed by atoms with van der Waals surface area (Å²) < 4.78 is 10.1. The molecule has 0 amide bonds. The molecule has 1 unspecified atom stereocenters. The van der Waals surface area contributed by atoms with E-state index in [1.807, 2.05) is 18.2 Å². The van der Waals surface area contributed by atoms with E-state index in [2.05, 4.69) is 42.7 Å². The molecule has 0 saturated carbocycles. The van der Waals surface area contributed by atoms with Crippen molar-refractivity contribution in [3.05, 3.63) is 42.0 Å². The molecule has 2 rings (SSSR count). The van der Waals surface area contributed by atoms with E-state index >= 15 is 0 Å². The molecule has 0 spiro atoms. The molecule has 0 N–H and O–H groups in total. The van der Waals surface area contributed by atoms with Gasteiger partial charge in [-0.05, 0) is 0 Å². The standard InChI is InChI=1S/C15H16AsClO/c1-15(2)12-13(9-11-18-15)8-10-16(17)14-6-4-3-5-7-14/h3-7,9H,11-12H2,1-2H3. The van der Waals surface area contributed by atoms with Crippen molar-refractivity contribution >= 4 is 28.0 Å². The Hall–Kier alpha value is -0.672. The predicted molar refractivity (Wildman–Crippen MR) is 78.2 cm³/mol. The summed E-state index contributed by atoms with van der Waals surface area (Å²) in [5.41, 5.74) is 1.05. The molecule has 1 atom stereocenters. The van der Waals surface area contributed by atoms with E-state index in [1.54, 1.807) is 0 Å². The number of hydrogen-bond donors (Lipinski definition) is 0. The van der Waals surface area contributed by atoms with Gasteiger partial charge in [-0.25, -0.2) is 0 Å². The number of ether oxygens (including phenoxy) is 1. The van der Waals surface area contributed by atoms with Crippen molar-refractivity contribution < 1.29 is 4.74 Å². The van der Waals surface area contributed by atoms with Crippen LogP contribution in [0.25, 0.3) is 0 Å². The van der Waals surface area contributed by atoms with Crippen LogP contribution in [-0.2, 0) is 4.74 Å². The summed E-state index contributed by atoms with van der Waals surface area (Å²) in [6.45, 7) is 4.84. The van der Waals surface area contributed by atoms with Gasteiger partial charge in [-0.3, -0.25) is 0 Å². The zero-order valence-electron chi connectivity index (χ0n) is 10.6. The van der Waals surface area contributed by atoms with Crippen LogP contribution in [0.15, 0.2) is 42.0 Å². The van der Waals surface area contributed by atoms with Crippen molar-refractivity contribution in [2.45, 2.75) is 25.9 Å². The molecule has 0 radical (unpaired) electrons. The Kier molecular flexibility index (Phi) is 4.57. The molecule has 1 heterocycles. The van der Waals surface area contributed by atoms with E-state index in [4.69, 9.17) is 14.7 Å². The second-order valence-electron chi connectivity index (χ2n) is 4.83. The summed E-state index contributed by atoms with van der Waals surface area (Å²) in [4.78, 5) is 0. The second kappa shape index (κ2) is 5.98. The van der Waals surface area contributed by atoms with Gasteiger partial charge in [-0.15, -0.1) is 0 Å². The molecule has 3 heteroatoms. The molecule has 1 nitrogen and oxygen atoms in total. The molecular weight excluding hydrogens is 307 g/mol. The Morgan fingerprint density at radius 1 is 1.28 bits per heavy atom.